The summed E-state index contributed by atoms with van der Waals surface area (Å²) in [5, 5.41) is 3.94. The molecule has 39 heavy (non-hydrogen) atoms. The highest BCUT2D eigenvalue weighted by Crippen LogP contribution is 2.26. The minimum atomic E-state index is -0.612. The lowest BCUT2D eigenvalue weighted by Gasteiger charge is -2.34. The number of hydrogen-bond acceptors (Lipinski definition) is 12. The number of benzene rings is 1. The Balaban J connectivity index is 1.22. The normalized spacial score (nSPS) is 17.9. The van der Waals surface area contributed by atoms with Crippen molar-refractivity contribution >= 4 is 34.7 Å². The molecule has 2 amide bonds. The van der Waals surface area contributed by atoms with E-state index in [0.717, 1.165) is 6.54 Å². The Kier molecular flexibility index (Phi) is 6.46. The number of fused-ring (bicyclic) bond motifs is 1. The number of nitrogens with two attached hydrogens (primary N) is 2. The van der Waals surface area contributed by atoms with Crippen LogP contribution in [0.1, 0.15) is 32.8 Å². The molecule has 0 bridgehead atoms. The maximum absolute atomic E-state index is 13.2. The Labute approximate surface area is 222 Å². The smallest absolute Gasteiger partial charge is 0.289 e. The first kappa shape index (κ1) is 24.6. The number of anilines is 2. The van der Waals surface area contributed by atoms with Crippen molar-refractivity contribution in [1.29, 1.82) is 0 Å². The Morgan fingerprint density at radius 3 is 2.56 bits per heavy atom. The highest BCUT2D eigenvalue weighted by Gasteiger charge is 2.28. The second kappa shape index (κ2) is 10.2. The quantitative estimate of drug-likeness (QED) is 0.322. The molecule has 5 heterocycles. The van der Waals surface area contributed by atoms with Crippen LogP contribution in [-0.4, -0.2) is 87.5 Å². The van der Waals surface area contributed by atoms with E-state index >= 15 is 0 Å². The molecular weight excluding hydrogens is 504 g/mol. The standard InChI is InChI=1S/C25H26N10O4/c26-20(36)16-3-1-2-14-10-17(39-19(14)16)23(37)34-5-7-35(8-6-34)25-32-21(15-11-29-24(27)30-12-15)31-22(33-25)18-13-28-4-9-38-18/h1-3,10-12,18,28H,4-9,13H2,(H2,26,36)(H2,27,29,30). The van der Waals surface area contributed by atoms with Crippen molar-refractivity contribution in [1.82, 2.24) is 35.1 Å². The number of amides is 2. The molecule has 0 spiro atoms. The van der Waals surface area contributed by atoms with Gasteiger partial charge in [0.1, 0.15) is 11.7 Å². The number of carbonyl (C=O) groups is 2. The number of nitrogen functional groups attached to an aromatic ring is 1. The van der Waals surface area contributed by atoms with Gasteiger partial charge in [0.25, 0.3) is 11.8 Å². The number of carbonyl (C=O) groups excluding carboxylic acids is 2. The van der Waals surface area contributed by atoms with Gasteiger partial charge in [0.15, 0.2) is 17.4 Å². The van der Waals surface area contributed by atoms with E-state index in [0.29, 0.717) is 73.5 Å². The Hall–Kier alpha value is -4.69. The maximum atomic E-state index is 13.2. The highest BCUT2D eigenvalue weighted by atomic mass is 16.5. The molecule has 2 saturated heterocycles. The first-order valence-electron chi connectivity index (χ1n) is 12.5. The van der Waals surface area contributed by atoms with Crippen LogP contribution in [0, 0.1) is 0 Å². The van der Waals surface area contributed by atoms with E-state index in [1.807, 2.05) is 4.90 Å². The van der Waals surface area contributed by atoms with Crippen LogP contribution in [0.3, 0.4) is 0 Å². The lowest BCUT2D eigenvalue weighted by Crippen LogP contribution is -2.49. The van der Waals surface area contributed by atoms with Crippen LogP contribution >= 0.6 is 0 Å². The number of nitrogens with zero attached hydrogens (tertiary/aromatic N) is 7. The van der Waals surface area contributed by atoms with E-state index in [1.165, 1.54) is 0 Å². The maximum Gasteiger partial charge on any atom is 0.289 e. The summed E-state index contributed by atoms with van der Waals surface area (Å²) in [5.41, 5.74) is 12.2. The van der Waals surface area contributed by atoms with Gasteiger partial charge < -0.3 is 35.7 Å². The summed E-state index contributed by atoms with van der Waals surface area (Å²) in [5.74, 6) is 0.826. The van der Waals surface area contributed by atoms with Crippen molar-refractivity contribution in [2.45, 2.75) is 6.10 Å². The number of morpholine rings is 1. The molecule has 0 aliphatic carbocycles. The van der Waals surface area contributed by atoms with Crippen LogP contribution < -0.4 is 21.7 Å². The van der Waals surface area contributed by atoms with Crippen LogP contribution in [0.5, 0.6) is 0 Å². The number of primary amides is 1. The molecule has 4 aromatic rings. The second-order valence-corrected chi connectivity index (χ2v) is 9.19. The molecule has 1 aromatic carbocycles. The van der Waals surface area contributed by atoms with Gasteiger partial charge in [-0.05, 0) is 12.1 Å². The third kappa shape index (κ3) is 4.94. The van der Waals surface area contributed by atoms with Crippen LogP contribution in [0.15, 0.2) is 41.1 Å². The lowest BCUT2D eigenvalue weighted by atomic mass is 10.1. The molecule has 1 unspecified atom stereocenters. The van der Waals surface area contributed by atoms with Crippen LogP contribution in [0.25, 0.3) is 22.4 Å². The summed E-state index contributed by atoms with van der Waals surface area (Å²) in [6.45, 7) is 3.71. The lowest BCUT2D eigenvalue weighted by molar-refractivity contribution is 0.0221. The Morgan fingerprint density at radius 1 is 1.05 bits per heavy atom. The average molecular weight is 531 g/mol. The third-order valence-corrected chi connectivity index (χ3v) is 6.66. The number of para-hydroxylation sites is 1. The van der Waals surface area contributed by atoms with Gasteiger partial charge in [-0.1, -0.05) is 12.1 Å². The molecule has 3 aromatic heterocycles. The summed E-state index contributed by atoms with van der Waals surface area (Å²) in [6.07, 6.45) is 2.81. The van der Waals surface area contributed by atoms with Crippen molar-refractivity contribution in [3.63, 3.8) is 0 Å². The van der Waals surface area contributed by atoms with E-state index in [2.05, 4.69) is 25.3 Å². The SMILES string of the molecule is NC(=O)c1cccc2cc(C(=O)N3CCN(c4nc(-c5cnc(N)nc5)nc(C5CNCCO5)n4)CC3)oc12. The fraction of sp³-hybridized carbons (Fsp3) is 0.320. The van der Waals surface area contributed by atoms with Crippen LogP contribution in [0.2, 0.25) is 0 Å². The molecule has 2 aliphatic rings. The van der Waals surface area contributed by atoms with Crippen molar-refractivity contribution in [3.05, 3.63) is 53.8 Å². The fourth-order valence-electron chi connectivity index (χ4n) is 4.61. The highest BCUT2D eigenvalue weighted by molar-refractivity contribution is 6.06. The molecular formula is C25H26N10O4. The van der Waals surface area contributed by atoms with E-state index in [9.17, 15) is 9.59 Å². The van der Waals surface area contributed by atoms with E-state index in [4.69, 9.17) is 25.6 Å². The number of rotatable bonds is 5. The van der Waals surface area contributed by atoms with Crippen LogP contribution in [0.4, 0.5) is 11.9 Å². The molecule has 14 nitrogen and oxygen atoms in total. The average Bonchev–Trinajstić information content (AvgIpc) is 3.42. The van der Waals surface area contributed by atoms with Crippen molar-refractivity contribution in [2.24, 2.45) is 5.73 Å². The fourth-order valence-corrected chi connectivity index (χ4v) is 4.61. The molecule has 0 saturated carbocycles. The molecule has 0 radical (unpaired) electrons. The molecule has 6 rings (SSSR count). The first-order chi connectivity index (χ1) is 19.0. The van der Waals surface area contributed by atoms with Gasteiger partial charge in [0.05, 0.1) is 17.7 Å². The predicted molar refractivity (Wildman–Crippen MR) is 140 cm³/mol. The second-order valence-electron chi connectivity index (χ2n) is 9.19. The van der Waals surface area contributed by atoms with Gasteiger partial charge in [-0.3, -0.25) is 9.59 Å². The molecule has 5 N–H and O–H groups in total. The Bertz CT molecular complexity index is 1530. The van der Waals surface area contributed by atoms with E-state index in [-0.39, 0.29) is 29.3 Å². The largest absolute Gasteiger partial charge is 0.450 e. The number of furan rings is 1. The Morgan fingerprint density at radius 2 is 1.85 bits per heavy atom. The van der Waals surface area contributed by atoms with Gasteiger partial charge in [-0.15, -0.1) is 0 Å². The summed E-state index contributed by atoms with van der Waals surface area (Å²) in [4.78, 5) is 50.8. The minimum absolute atomic E-state index is 0.155. The zero-order valence-corrected chi connectivity index (χ0v) is 20.9. The van der Waals surface area contributed by atoms with Gasteiger partial charge in [0.2, 0.25) is 11.9 Å². The number of hydrogen-bond donors (Lipinski definition) is 3. The number of aromatic nitrogens is 5. The molecule has 2 aliphatic heterocycles. The number of nitrogens with one attached hydrogen (secondary N) is 1. The summed E-state index contributed by atoms with van der Waals surface area (Å²) >= 11 is 0. The first-order valence-corrected chi connectivity index (χ1v) is 12.5. The van der Waals surface area contributed by atoms with Crippen molar-refractivity contribution < 1.29 is 18.7 Å². The zero-order chi connectivity index (χ0) is 26.9. The van der Waals surface area contributed by atoms with Crippen molar-refractivity contribution in [2.75, 3.05) is 56.5 Å². The molecule has 2 fully saturated rings. The number of piperazine rings is 1. The zero-order valence-electron chi connectivity index (χ0n) is 20.9. The molecule has 200 valence electrons. The molecule has 1 atom stereocenters. The van der Waals surface area contributed by atoms with Gasteiger partial charge in [-0.25, -0.2) is 15.0 Å². The topological polar surface area (TPSA) is 192 Å². The van der Waals surface area contributed by atoms with Gasteiger partial charge in [0, 0.05) is 57.0 Å². The van der Waals surface area contributed by atoms with Crippen molar-refractivity contribution in [3.8, 4) is 11.4 Å². The van der Waals surface area contributed by atoms with E-state index in [1.54, 1.807) is 41.6 Å². The van der Waals surface area contributed by atoms with Crippen LogP contribution in [-0.2, 0) is 4.74 Å². The third-order valence-electron chi connectivity index (χ3n) is 6.66. The molecule has 14 heteroatoms. The minimum Gasteiger partial charge on any atom is -0.450 e. The summed E-state index contributed by atoms with van der Waals surface area (Å²) < 4.78 is 11.6. The monoisotopic (exact) mass is 530 g/mol. The summed E-state index contributed by atoms with van der Waals surface area (Å²) in [6, 6.07) is 6.68. The predicted octanol–water partition coefficient (Wildman–Crippen LogP) is 0.379. The van der Waals surface area contributed by atoms with Gasteiger partial charge in [-0.2, -0.15) is 9.97 Å². The van der Waals surface area contributed by atoms with Gasteiger partial charge >= 0.3 is 0 Å². The van der Waals surface area contributed by atoms with E-state index < -0.39 is 5.91 Å². The summed E-state index contributed by atoms with van der Waals surface area (Å²) in [7, 11) is 0. The number of ether oxygens (including phenoxy) is 1.